The second-order valence-electron chi connectivity index (χ2n) is 5.57. The Hall–Kier alpha value is -2.46. The van der Waals surface area contributed by atoms with E-state index in [1.807, 2.05) is 59.4 Å². The molecule has 3 aromatic rings. The van der Waals surface area contributed by atoms with Crippen molar-refractivity contribution in [3.05, 3.63) is 94.7 Å². The van der Waals surface area contributed by atoms with Crippen molar-refractivity contribution in [3.8, 4) is 0 Å². The summed E-state index contributed by atoms with van der Waals surface area (Å²) in [5.41, 5.74) is 3.29. The molecule has 1 aromatic heterocycles. The highest BCUT2D eigenvalue weighted by Gasteiger charge is 2.11. The molecule has 0 saturated heterocycles. The van der Waals surface area contributed by atoms with Crippen molar-refractivity contribution in [2.75, 3.05) is 5.32 Å². The van der Waals surface area contributed by atoms with Crippen LogP contribution >= 0.6 is 15.9 Å². The fourth-order valence-electron chi connectivity index (χ4n) is 2.46. The summed E-state index contributed by atoms with van der Waals surface area (Å²) < 4.78 is 2.75. The van der Waals surface area contributed by atoms with E-state index in [4.69, 9.17) is 0 Å². The summed E-state index contributed by atoms with van der Waals surface area (Å²) >= 11 is 3.43. The molecule has 0 spiro atoms. The minimum atomic E-state index is -0.0530. The topological polar surface area (TPSA) is 33.0 Å². The molecular formula is C20H18BrN2O+. The van der Waals surface area contributed by atoms with E-state index in [1.165, 1.54) is 11.1 Å². The molecule has 4 heteroatoms. The molecule has 1 N–H and O–H groups in total. The molecule has 24 heavy (non-hydrogen) atoms. The van der Waals surface area contributed by atoms with Gasteiger partial charge in [-0.3, -0.25) is 4.79 Å². The van der Waals surface area contributed by atoms with Gasteiger partial charge in [0, 0.05) is 16.6 Å². The second-order valence-corrected chi connectivity index (χ2v) is 6.42. The lowest BCUT2D eigenvalue weighted by Gasteiger charge is -2.05. The SMILES string of the molecule is O=C(C[n+]1ccc(Cc2ccccc2)cc1)Nc1ccccc1Br. The third kappa shape index (κ3) is 4.52. The van der Waals surface area contributed by atoms with E-state index in [0.717, 1.165) is 16.6 Å². The highest BCUT2D eigenvalue weighted by molar-refractivity contribution is 9.10. The predicted octanol–water partition coefficient (Wildman–Crippen LogP) is 3.97. The Morgan fingerprint density at radius 1 is 0.875 bits per heavy atom. The van der Waals surface area contributed by atoms with Crippen molar-refractivity contribution >= 4 is 27.5 Å². The Balaban J connectivity index is 1.60. The Morgan fingerprint density at radius 2 is 1.50 bits per heavy atom. The van der Waals surface area contributed by atoms with Crippen LogP contribution in [0.2, 0.25) is 0 Å². The number of halogens is 1. The molecule has 0 aliphatic heterocycles. The Morgan fingerprint density at radius 3 is 2.21 bits per heavy atom. The molecule has 0 aliphatic carbocycles. The highest BCUT2D eigenvalue weighted by Crippen LogP contribution is 2.20. The number of carbonyl (C=O) groups is 1. The summed E-state index contributed by atoms with van der Waals surface area (Å²) in [6, 6.07) is 22.0. The fraction of sp³-hybridized carbons (Fsp3) is 0.100. The van der Waals surface area contributed by atoms with E-state index < -0.39 is 0 Å². The zero-order valence-corrected chi connectivity index (χ0v) is 14.7. The molecule has 2 aromatic carbocycles. The lowest BCUT2D eigenvalue weighted by molar-refractivity contribution is -0.684. The quantitative estimate of drug-likeness (QED) is 0.666. The van der Waals surface area contributed by atoms with Crippen molar-refractivity contribution in [2.45, 2.75) is 13.0 Å². The molecule has 0 fully saturated rings. The van der Waals surface area contributed by atoms with Crippen LogP contribution in [-0.2, 0) is 17.8 Å². The second kappa shape index (κ2) is 7.88. The van der Waals surface area contributed by atoms with Crippen LogP contribution in [0.15, 0.2) is 83.6 Å². The Bertz CT molecular complexity index is 817. The van der Waals surface area contributed by atoms with Gasteiger partial charge in [-0.25, -0.2) is 0 Å². The van der Waals surface area contributed by atoms with Gasteiger partial charge in [-0.2, -0.15) is 4.57 Å². The first kappa shape index (κ1) is 16.4. The van der Waals surface area contributed by atoms with E-state index in [2.05, 4.69) is 45.5 Å². The number of benzene rings is 2. The number of hydrogen-bond donors (Lipinski definition) is 1. The van der Waals surface area contributed by atoms with Crippen LogP contribution in [0.5, 0.6) is 0 Å². The third-order valence-corrected chi connectivity index (χ3v) is 4.38. The van der Waals surface area contributed by atoms with E-state index in [0.29, 0.717) is 0 Å². The molecule has 0 saturated carbocycles. The van der Waals surface area contributed by atoms with Gasteiger partial charge in [0.15, 0.2) is 12.4 Å². The van der Waals surface area contributed by atoms with Crippen LogP contribution in [0, 0.1) is 0 Å². The molecule has 0 unspecified atom stereocenters. The number of nitrogens with zero attached hydrogens (tertiary/aromatic N) is 1. The van der Waals surface area contributed by atoms with Gasteiger partial charge < -0.3 is 5.32 Å². The van der Waals surface area contributed by atoms with E-state index in [-0.39, 0.29) is 12.5 Å². The molecule has 0 bridgehead atoms. The number of aromatic nitrogens is 1. The molecule has 120 valence electrons. The van der Waals surface area contributed by atoms with Gasteiger partial charge in [0.1, 0.15) is 0 Å². The average Bonchev–Trinajstić information content (AvgIpc) is 2.60. The number of amides is 1. The third-order valence-electron chi connectivity index (χ3n) is 3.69. The normalized spacial score (nSPS) is 10.4. The van der Waals surface area contributed by atoms with Gasteiger partial charge in [-0.15, -0.1) is 0 Å². The van der Waals surface area contributed by atoms with Crippen LogP contribution in [0.3, 0.4) is 0 Å². The molecule has 0 atom stereocenters. The number of para-hydroxylation sites is 1. The first-order valence-electron chi connectivity index (χ1n) is 7.77. The summed E-state index contributed by atoms with van der Waals surface area (Å²) in [6.07, 6.45) is 4.78. The fourth-order valence-corrected chi connectivity index (χ4v) is 2.85. The van der Waals surface area contributed by atoms with Crippen molar-refractivity contribution in [2.24, 2.45) is 0 Å². The molecule has 3 nitrogen and oxygen atoms in total. The van der Waals surface area contributed by atoms with Gasteiger partial charge in [0.05, 0.1) is 5.69 Å². The van der Waals surface area contributed by atoms with Gasteiger partial charge in [-0.1, -0.05) is 42.5 Å². The zero-order chi connectivity index (χ0) is 16.8. The first-order chi connectivity index (χ1) is 11.7. The number of anilines is 1. The van der Waals surface area contributed by atoms with Crippen molar-refractivity contribution < 1.29 is 9.36 Å². The molecular weight excluding hydrogens is 364 g/mol. The lowest BCUT2D eigenvalue weighted by atomic mass is 10.1. The van der Waals surface area contributed by atoms with E-state index >= 15 is 0 Å². The summed E-state index contributed by atoms with van der Waals surface area (Å²) in [5, 5.41) is 2.91. The van der Waals surface area contributed by atoms with Crippen LogP contribution in [0.25, 0.3) is 0 Å². The zero-order valence-electron chi connectivity index (χ0n) is 13.2. The predicted molar refractivity (Wildman–Crippen MR) is 98.7 cm³/mol. The van der Waals surface area contributed by atoms with Crippen molar-refractivity contribution in [3.63, 3.8) is 0 Å². The maximum Gasteiger partial charge on any atom is 0.290 e. The number of pyridine rings is 1. The molecule has 1 amide bonds. The minimum Gasteiger partial charge on any atom is -0.320 e. The first-order valence-corrected chi connectivity index (χ1v) is 8.56. The molecule has 1 heterocycles. The highest BCUT2D eigenvalue weighted by atomic mass is 79.9. The Kier molecular flexibility index (Phi) is 5.39. The standard InChI is InChI=1S/C20H17BrN2O/c21-18-8-4-5-9-19(18)22-20(24)15-23-12-10-17(11-13-23)14-16-6-2-1-3-7-16/h1-13H,14-15H2/p+1. The smallest absolute Gasteiger partial charge is 0.290 e. The van der Waals surface area contributed by atoms with Gasteiger partial charge in [-0.05, 0) is 45.6 Å². The lowest BCUT2D eigenvalue weighted by Crippen LogP contribution is -2.39. The van der Waals surface area contributed by atoms with Gasteiger partial charge >= 0.3 is 0 Å². The summed E-state index contributed by atoms with van der Waals surface area (Å²) in [4.78, 5) is 12.2. The minimum absolute atomic E-state index is 0.0530. The van der Waals surface area contributed by atoms with Gasteiger partial charge in [0.25, 0.3) is 5.91 Å². The molecule has 0 radical (unpaired) electrons. The summed E-state index contributed by atoms with van der Waals surface area (Å²) in [7, 11) is 0. The van der Waals surface area contributed by atoms with E-state index in [1.54, 1.807) is 0 Å². The largest absolute Gasteiger partial charge is 0.320 e. The molecule has 0 aliphatic rings. The number of carbonyl (C=O) groups excluding carboxylic acids is 1. The van der Waals surface area contributed by atoms with Crippen molar-refractivity contribution in [1.82, 2.24) is 0 Å². The summed E-state index contributed by atoms with van der Waals surface area (Å²) in [6.45, 7) is 0.285. The summed E-state index contributed by atoms with van der Waals surface area (Å²) in [5.74, 6) is -0.0530. The van der Waals surface area contributed by atoms with E-state index in [9.17, 15) is 4.79 Å². The maximum atomic E-state index is 12.2. The number of nitrogens with one attached hydrogen (secondary N) is 1. The molecule has 3 rings (SSSR count). The van der Waals surface area contributed by atoms with Gasteiger partial charge in [0.2, 0.25) is 6.54 Å². The number of rotatable bonds is 5. The average molecular weight is 382 g/mol. The monoisotopic (exact) mass is 381 g/mol. The van der Waals surface area contributed by atoms with Crippen LogP contribution < -0.4 is 9.88 Å². The Labute approximate surface area is 150 Å². The van der Waals surface area contributed by atoms with Crippen molar-refractivity contribution in [1.29, 1.82) is 0 Å². The van der Waals surface area contributed by atoms with Crippen LogP contribution in [-0.4, -0.2) is 5.91 Å². The van der Waals surface area contributed by atoms with Crippen LogP contribution in [0.1, 0.15) is 11.1 Å². The maximum absolute atomic E-state index is 12.2. The van der Waals surface area contributed by atoms with Crippen LogP contribution in [0.4, 0.5) is 5.69 Å². The number of hydrogen-bond acceptors (Lipinski definition) is 1.